The number of aliphatic hydroxyl groups is 1. The minimum Gasteiger partial charge on any atom is -0.388 e. The summed E-state index contributed by atoms with van der Waals surface area (Å²) in [6.45, 7) is 1.41. The summed E-state index contributed by atoms with van der Waals surface area (Å²) in [5.41, 5.74) is -0.689. The van der Waals surface area contributed by atoms with E-state index >= 15 is 0 Å². The van der Waals surface area contributed by atoms with Crippen LogP contribution >= 0.6 is 0 Å². The predicted octanol–water partition coefficient (Wildman–Crippen LogP) is 0.962. The Kier molecular flexibility index (Phi) is 5.90. The lowest BCUT2D eigenvalue weighted by atomic mass is 9.91. The summed E-state index contributed by atoms with van der Waals surface area (Å²) in [4.78, 5) is 25.8. The lowest BCUT2D eigenvalue weighted by molar-refractivity contribution is -0.136. The molecule has 2 fully saturated rings. The highest BCUT2D eigenvalue weighted by atomic mass is 16.3. The Morgan fingerprint density at radius 1 is 1.31 bits per heavy atom. The molecule has 8 heteroatoms. The van der Waals surface area contributed by atoms with Crippen LogP contribution in [0.5, 0.6) is 0 Å². The van der Waals surface area contributed by atoms with Gasteiger partial charge in [-0.1, -0.05) is 30.9 Å². The maximum absolute atomic E-state index is 12.4. The number of likely N-dealkylation sites (tertiary alicyclic amines) is 1. The quantitative estimate of drug-likeness (QED) is 0.784. The van der Waals surface area contributed by atoms with Crippen LogP contribution in [0.1, 0.15) is 61.9 Å². The molecule has 1 saturated heterocycles. The smallest absolute Gasteiger partial charge is 0.273 e. The van der Waals surface area contributed by atoms with Crippen molar-refractivity contribution < 1.29 is 14.7 Å². The first kappa shape index (κ1) is 18.8. The van der Waals surface area contributed by atoms with Gasteiger partial charge < -0.3 is 15.3 Å². The SMILES string of the molecule is CNC(=O)c1cn(CC2(O)CCN(C(=O)CCC3CCCC3)CC2)nn1. The van der Waals surface area contributed by atoms with Crippen LogP contribution in [0.4, 0.5) is 0 Å². The molecule has 0 unspecified atom stereocenters. The van der Waals surface area contributed by atoms with Crippen LogP contribution < -0.4 is 5.32 Å². The summed E-state index contributed by atoms with van der Waals surface area (Å²) in [7, 11) is 1.54. The van der Waals surface area contributed by atoms with E-state index in [-0.39, 0.29) is 24.1 Å². The van der Waals surface area contributed by atoms with Gasteiger partial charge in [0, 0.05) is 26.6 Å². The number of nitrogens with zero attached hydrogens (tertiary/aromatic N) is 4. The van der Waals surface area contributed by atoms with Gasteiger partial charge in [-0.25, -0.2) is 4.68 Å². The van der Waals surface area contributed by atoms with Crippen LogP contribution in [-0.2, 0) is 11.3 Å². The van der Waals surface area contributed by atoms with Gasteiger partial charge in [0.2, 0.25) is 5.91 Å². The van der Waals surface area contributed by atoms with Gasteiger partial charge in [-0.05, 0) is 25.2 Å². The molecule has 0 atom stereocenters. The highest BCUT2D eigenvalue weighted by Crippen LogP contribution is 2.29. The van der Waals surface area contributed by atoms with E-state index in [0.29, 0.717) is 32.4 Å². The van der Waals surface area contributed by atoms with Crippen molar-refractivity contribution in [2.75, 3.05) is 20.1 Å². The van der Waals surface area contributed by atoms with Crippen molar-refractivity contribution in [1.29, 1.82) is 0 Å². The zero-order chi connectivity index (χ0) is 18.6. The number of amides is 2. The minimum absolute atomic E-state index is 0.210. The Morgan fingerprint density at radius 2 is 2.00 bits per heavy atom. The molecule has 0 aromatic carbocycles. The number of hydrogen-bond acceptors (Lipinski definition) is 5. The van der Waals surface area contributed by atoms with E-state index in [1.165, 1.54) is 43.6 Å². The fourth-order valence-electron chi connectivity index (χ4n) is 4.02. The van der Waals surface area contributed by atoms with Gasteiger partial charge in [0.05, 0.1) is 18.3 Å². The third kappa shape index (κ3) is 4.60. The molecule has 0 radical (unpaired) electrons. The van der Waals surface area contributed by atoms with Gasteiger partial charge in [-0.2, -0.15) is 0 Å². The molecular weight excluding hydrogens is 334 g/mol. The van der Waals surface area contributed by atoms with E-state index in [9.17, 15) is 14.7 Å². The number of carbonyl (C=O) groups is 2. The number of hydrogen-bond donors (Lipinski definition) is 2. The molecule has 2 heterocycles. The maximum atomic E-state index is 12.4. The number of rotatable bonds is 6. The predicted molar refractivity (Wildman–Crippen MR) is 95.4 cm³/mol. The Labute approximate surface area is 153 Å². The van der Waals surface area contributed by atoms with Crippen molar-refractivity contribution >= 4 is 11.8 Å². The lowest BCUT2D eigenvalue weighted by Crippen LogP contribution is -2.48. The second kappa shape index (κ2) is 8.16. The topological polar surface area (TPSA) is 100 Å². The summed E-state index contributed by atoms with van der Waals surface area (Å²) in [6, 6.07) is 0. The van der Waals surface area contributed by atoms with E-state index in [2.05, 4.69) is 15.6 Å². The molecular formula is C18H29N5O3. The van der Waals surface area contributed by atoms with Crippen molar-refractivity contribution in [3.05, 3.63) is 11.9 Å². The Morgan fingerprint density at radius 3 is 2.65 bits per heavy atom. The van der Waals surface area contributed by atoms with Crippen LogP contribution in [0.2, 0.25) is 0 Å². The van der Waals surface area contributed by atoms with Crippen molar-refractivity contribution in [3.8, 4) is 0 Å². The number of carbonyl (C=O) groups excluding carboxylic acids is 2. The first-order chi connectivity index (χ1) is 12.5. The molecule has 8 nitrogen and oxygen atoms in total. The molecule has 1 aliphatic carbocycles. The lowest BCUT2D eigenvalue weighted by Gasteiger charge is -2.38. The first-order valence-corrected chi connectivity index (χ1v) is 9.61. The Bertz CT molecular complexity index is 631. The molecule has 1 aromatic rings. The van der Waals surface area contributed by atoms with Crippen molar-refractivity contribution in [1.82, 2.24) is 25.2 Å². The van der Waals surface area contributed by atoms with Crippen LogP contribution in [0.15, 0.2) is 6.20 Å². The highest BCUT2D eigenvalue weighted by molar-refractivity contribution is 5.91. The van der Waals surface area contributed by atoms with Gasteiger partial charge in [0.15, 0.2) is 5.69 Å². The fourth-order valence-corrected chi connectivity index (χ4v) is 4.02. The molecule has 1 aromatic heterocycles. The molecule has 3 rings (SSSR count). The molecule has 26 heavy (non-hydrogen) atoms. The highest BCUT2D eigenvalue weighted by Gasteiger charge is 2.35. The molecule has 2 amide bonds. The molecule has 1 saturated carbocycles. The van der Waals surface area contributed by atoms with Crippen molar-refractivity contribution in [2.24, 2.45) is 5.92 Å². The van der Waals surface area contributed by atoms with Crippen LogP contribution in [0.25, 0.3) is 0 Å². The molecule has 144 valence electrons. The van der Waals surface area contributed by atoms with Gasteiger partial charge >= 0.3 is 0 Å². The Hall–Kier alpha value is -1.96. The van der Waals surface area contributed by atoms with E-state index in [0.717, 1.165) is 12.3 Å². The zero-order valence-electron chi connectivity index (χ0n) is 15.5. The summed E-state index contributed by atoms with van der Waals surface area (Å²) < 4.78 is 1.50. The van der Waals surface area contributed by atoms with Crippen LogP contribution in [0.3, 0.4) is 0 Å². The zero-order valence-corrected chi connectivity index (χ0v) is 15.5. The van der Waals surface area contributed by atoms with E-state index in [1.807, 2.05) is 4.90 Å². The van der Waals surface area contributed by atoms with Crippen LogP contribution in [0, 0.1) is 5.92 Å². The second-order valence-corrected chi connectivity index (χ2v) is 7.67. The minimum atomic E-state index is -0.921. The average molecular weight is 363 g/mol. The average Bonchev–Trinajstić information content (AvgIpc) is 3.31. The molecule has 1 aliphatic heterocycles. The Balaban J connectivity index is 1.46. The summed E-state index contributed by atoms with van der Waals surface area (Å²) >= 11 is 0. The third-order valence-electron chi connectivity index (χ3n) is 5.74. The molecule has 2 N–H and O–H groups in total. The fraction of sp³-hybridized carbons (Fsp3) is 0.778. The molecule has 0 bridgehead atoms. The molecule has 2 aliphatic rings. The molecule has 0 spiro atoms. The summed E-state index contributed by atoms with van der Waals surface area (Å²) in [5.74, 6) is 0.634. The third-order valence-corrected chi connectivity index (χ3v) is 5.74. The largest absolute Gasteiger partial charge is 0.388 e. The standard InChI is InChI=1S/C18H29N5O3/c1-19-17(25)15-12-23(21-20-15)13-18(26)8-10-22(11-9-18)16(24)7-6-14-4-2-3-5-14/h12,14,26H,2-11,13H2,1H3,(H,19,25). The van der Waals surface area contributed by atoms with E-state index < -0.39 is 5.60 Å². The van der Waals surface area contributed by atoms with Gasteiger partial charge in [-0.15, -0.1) is 5.10 Å². The summed E-state index contributed by atoms with van der Waals surface area (Å²) in [6.07, 6.45) is 9.33. The van der Waals surface area contributed by atoms with E-state index in [4.69, 9.17) is 0 Å². The monoisotopic (exact) mass is 363 g/mol. The summed E-state index contributed by atoms with van der Waals surface area (Å²) in [5, 5.41) is 21.0. The van der Waals surface area contributed by atoms with E-state index in [1.54, 1.807) is 0 Å². The first-order valence-electron chi connectivity index (χ1n) is 9.61. The van der Waals surface area contributed by atoms with Crippen LogP contribution in [-0.4, -0.2) is 62.6 Å². The number of piperidine rings is 1. The van der Waals surface area contributed by atoms with Gasteiger partial charge in [-0.3, -0.25) is 9.59 Å². The van der Waals surface area contributed by atoms with Crippen molar-refractivity contribution in [3.63, 3.8) is 0 Å². The van der Waals surface area contributed by atoms with Gasteiger partial charge in [0.1, 0.15) is 0 Å². The normalized spacial score (nSPS) is 20.3. The maximum Gasteiger partial charge on any atom is 0.273 e. The van der Waals surface area contributed by atoms with Crippen molar-refractivity contribution in [2.45, 2.75) is 63.5 Å². The van der Waals surface area contributed by atoms with Gasteiger partial charge in [0.25, 0.3) is 5.91 Å². The number of nitrogens with one attached hydrogen (secondary N) is 1. The second-order valence-electron chi connectivity index (χ2n) is 7.67. The number of aromatic nitrogens is 3.